The van der Waals surface area contributed by atoms with Crippen LogP contribution in [0.3, 0.4) is 0 Å². The lowest BCUT2D eigenvalue weighted by atomic mass is 9.88. The molecule has 0 N–H and O–H groups in total. The number of halogens is 1. The SMILES string of the molecule is O=C1c2c(ccc3c2ccc2c4ccccc4ccc32)C=CC1Cl. The van der Waals surface area contributed by atoms with Crippen LogP contribution in [0.5, 0.6) is 0 Å². The summed E-state index contributed by atoms with van der Waals surface area (Å²) in [6, 6.07) is 21.0. The van der Waals surface area contributed by atoms with Crippen molar-refractivity contribution in [1.29, 1.82) is 0 Å². The van der Waals surface area contributed by atoms with Gasteiger partial charge in [0.05, 0.1) is 0 Å². The first-order valence-corrected chi connectivity index (χ1v) is 8.41. The molecular formula is C22H13ClO. The van der Waals surface area contributed by atoms with Gasteiger partial charge in [0.25, 0.3) is 0 Å². The normalized spacial score (nSPS) is 16.9. The van der Waals surface area contributed by atoms with Crippen molar-refractivity contribution in [3.63, 3.8) is 0 Å². The van der Waals surface area contributed by atoms with Crippen LogP contribution >= 0.6 is 11.6 Å². The largest absolute Gasteiger partial charge is 0.292 e. The Kier molecular flexibility index (Phi) is 2.83. The van der Waals surface area contributed by atoms with E-state index in [-0.39, 0.29) is 5.78 Å². The van der Waals surface area contributed by atoms with E-state index in [1.807, 2.05) is 12.1 Å². The third-order valence-corrected chi connectivity index (χ3v) is 5.24. The Balaban J connectivity index is 1.95. The molecule has 4 aromatic rings. The number of rotatable bonds is 0. The van der Waals surface area contributed by atoms with Gasteiger partial charge >= 0.3 is 0 Å². The molecule has 0 spiro atoms. The summed E-state index contributed by atoms with van der Waals surface area (Å²) in [4.78, 5) is 12.6. The topological polar surface area (TPSA) is 17.1 Å². The summed E-state index contributed by atoms with van der Waals surface area (Å²) < 4.78 is 0. The number of benzene rings is 4. The van der Waals surface area contributed by atoms with Gasteiger partial charge in [-0.15, -0.1) is 11.6 Å². The van der Waals surface area contributed by atoms with Crippen LogP contribution in [-0.2, 0) is 0 Å². The smallest absolute Gasteiger partial charge is 0.185 e. The lowest BCUT2D eigenvalue weighted by Crippen LogP contribution is -2.17. The number of fused-ring (bicyclic) bond motifs is 7. The molecule has 0 saturated carbocycles. The maximum atomic E-state index is 12.6. The Morgan fingerprint density at radius 3 is 2.29 bits per heavy atom. The molecule has 5 rings (SSSR count). The van der Waals surface area contributed by atoms with Crippen molar-refractivity contribution in [3.05, 3.63) is 77.9 Å². The predicted molar refractivity (Wildman–Crippen MR) is 102 cm³/mol. The molecule has 114 valence electrons. The zero-order valence-electron chi connectivity index (χ0n) is 12.8. The number of carbonyl (C=O) groups is 1. The fourth-order valence-electron chi connectivity index (χ4n) is 3.75. The third-order valence-electron chi connectivity index (χ3n) is 4.90. The molecule has 1 aliphatic rings. The molecule has 1 nitrogen and oxygen atoms in total. The van der Waals surface area contributed by atoms with Gasteiger partial charge in [-0.05, 0) is 37.9 Å². The molecule has 0 saturated heterocycles. The summed E-state index contributed by atoms with van der Waals surface area (Å²) in [5, 5.41) is 6.35. The van der Waals surface area contributed by atoms with E-state index in [0.29, 0.717) is 0 Å². The summed E-state index contributed by atoms with van der Waals surface area (Å²) in [7, 11) is 0. The van der Waals surface area contributed by atoms with Crippen molar-refractivity contribution in [2.45, 2.75) is 5.38 Å². The van der Waals surface area contributed by atoms with Crippen LogP contribution in [0.25, 0.3) is 38.4 Å². The molecule has 0 aliphatic heterocycles. The second kappa shape index (κ2) is 4.93. The zero-order chi connectivity index (χ0) is 16.3. The number of carbonyl (C=O) groups excluding carboxylic acids is 1. The van der Waals surface area contributed by atoms with Gasteiger partial charge in [0.1, 0.15) is 5.38 Å². The Hall–Kier alpha value is -2.64. The van der Waals surface area contributed by atoms with E-state index >= 15 is 0 Å². The second-order valence-electron chi connectivity index (χ2n) is 6.20. The number of ketones is 1. The Morgan fingerprint density at radius 1 is 0.708 bits per heavy atom. The maximum Gasteiger partial charge on any atom is 0.185 e. The van der Waals surface area contributed by atoms with Gasteiger partial charge in [-0.1, -0.05) is 72.8 Å². The summed E-state index contributed by atoms with van der Waals surface area (Å²) in [6.07, 6.45) is 3.70. The highest BCUT2D eigenvalue weighted by molar-refractivity contribution is 6.38. The van der Waals surface area contributed by atoms with Crippen LogP contribution < -0.4 is 0 Å². The number of hydrogen-bond acceptors (Lipinski definition) is 1. The highest BCUT2D eigenvalue weighted by atomic mass is 35.5. The first-order valence-electron chi connectivity index (χ1n) is 7.98. The van der Waals surface area contributed by atoms with Crippen LogP contribution in [0, 0.1) is 0 Å². The monoisotopic (exact) mass is 328 g/mol. The standard InChI is InChI=1S/C22H13ClO/c23-20-12-7-14-6-9-18-17-8-5-13-3-1-2-4-15(13)16(17)10-11-19(18)21(14)22(20)24/h1-12,20H. The Morgan fingerprint density at radius 2 is 1.38 bits per heavy atom. The average Bonchev–Trinajstić information content (AvgIpc) is 2.63. The van der Waals surface area contributed by atoms with Gasteiger partial charge in [-0.3, -0.25) is 4.79 Å². The first kappa shape index (κ1) is 13.8. The molecule has 24 heavy (non-hydrogen) atoms. The molecule has 2 heteroatoms. The van der Waals surface area contributed by atoms with Crippen molar-refractivity contribution in [1.82, 2.24) is 0 Å². The van der Waals surface area contributed by atoms with E-state index in [4.69, 9.17) is 11.6 Å². The first-order chi connectivity index (χ1) is 11.7. The lowest BCUT2D eigenvalue weighted by Gasteiger charge is -2.17. The third kappa shape index (κ3) is 1.79. The Labute approximate surface area is 144 Å². The molecule has 4 aromatic carbocycles. The maximum absolute atomic E-state index is 12.6. The van der Waals surface area contributed by atoms with Crippen LogP contribution in [0.4, 0.5) is 0 Å². The molecule has 0 radical (unpaired) electrons. The van der Waals surface area contributed by atoms with Crippen LogP contribution in [0.2, 0.25) is 0 Å². The van der Waals surface area contributed by atoms with Gasteiger partial charge in [0, 0.05) is 5.56 Å². The van der Waals surface area contributed by atoms with Gasteiger partial charge in [-0.25, -0.2) is 0 Å². The number of allylic oxidation sites excluding steroid dienone is 1. The van der Waals surface area contributed by atoms with Crippen molar-refractivity contribution < 1.29 is 4.79 Å². The van der Waals surface area contributed by atoms with Crippen LogP contribution in [-0.4, -0.2) is 11.2 Å². The fourth-order valence-corrected chi connectivity index (χ4v) is 3.93. The Bertz CT molecular complexity index is 1190. The van der Waals surface area contributed by atoms with E-state index in [2.05, 4.69) is 54.6 Å². The summed E-state index contributed by atoms with van der Waals surface area (Å²) in [5.74, 6) is -0.0140. The van der Waals surface area contributed by atoms with Crippen molar-refractivity contribution in [3.8, 4) is 0 Å². The van der Waals surface area contributed by atoms with E-state index in [0.717, 1.165) is 21.9 Å². The van der Waals surface area contributed by atoms with Crippen molar-refractivity contribution in [2.75, 3.05) is 0 Å². The van der Waals surface area contributed by atoms with Gasteiger partial charge in [0.15, 0.2) is 5.78 Å². The van der Waals surface area contributed by atoms with E-state index in [1.54, 1.807) is 6.08 Å². The second-order valence-corrected chi connectivity index (χ2v) is 6.67. The van der Waals surface area contributed by atoms with Gasteiger partial charge < -0.3 is 0 Å². The van der Waals surface area contributed by atoms with E-state index < -0.39 is 5.38 Å². The summed E-state index contributed by atoms with van der Waals surface area (Å²) in [6.45, 7) is 0. The van der Waals surface area contributed by atoms with Gasteiger partial charge in [-0.2, -0.15) is 0 Å². The molecule has 1 unspecified atom stereocenters. The predicted octanol–water partition coefficient (Wildman–Crippen LogP) is 5.96. The van der Waals surface area contributed by atoms with Crippen molar-refractivity contribution in [2.24, 2.45) is 0 Å². The number of alkyl halides is 1. The molecular weight excluding hydrogens is 316 g/mol. The lowest BCUT2D eigenvalue weighted by molar-refractivity contribution is 0.0999. The molecule has 0 heterocycles. The fraction of sp³-hybridized carbons (Fsp3) is 0.0455. The number of Topliss-reactive ketones (excluding diaryl/α,β-unsaturated/α-hetero) is 1. The summed E-state index contributed by atoms with van der Waals surface area (Å²) in [5.41, 5.74) is 1.69. The minimum atomic E-state index is -0.574. The highest BCUT2D eigenvalue weighted by Gasteiger charge is 2.24. The zero-order valence-corrected chi connectivity index (χ0v) is 13.5. The van der Waals surface area contributed by atoms with E-state index in [9.17, 15) is 4.79 Å². The summed E-state index contributed by atoms with van der Waals surface area (Å²) >= 11 is 6.16. The molecule has 1 atom stereocenters. The van der Waals surface area contributed by atoms with Crippen LogP contribution in [0.15, 0.2) is 66.7 Å². The van der Waals surface area contributed by atoms with Crippen molar-refractivity contribution >= 4 is 55.8 Å². The molecule has 0 aromatic heterocycles. The minimum absolute atomic E-state index is 0.0140. The van der Waals surface area contributed by atoms with Gasteiger partial charge in [0.2, 0.25) is 0 Å². The molecule has 0 amide bonds. The van der Waals surface area contributed by atoms with E-state index in [1.165, 1.54) is 21.5 Å². The number of hydrogen-bond donors (Lipinski definition) is 0. The van der Waals surface area contributed by atoms with Crippen LogP contribution in [0.1, 0.15) is 15.9 Å². The highest BCUT2D eigenvalue weighted by Crippen LogP contribution is 2.36. The molecule has 1 aliphatic carbocycles. The quantitative estimate of drug-likeness (QED) is 0.287. The molecule has 0 fully saturated rings. The average molecular weight is 329 g/mol. The minimum Gasteiger partial charge on any atom is -0.292 e. The molecule has 0 bridgehead atoms.